The van der Waals surface area contributed by atoms with Crippen LogP contribution in [0, 0.1) is 6.92 Å². The molecule has 3 aromatic heterocycles. The molecular weight excluding hydrogens is 258 g/mol. The average molecular weight is 269 g/mol. The zero-order valence-electron chi connectivity index (χ0n) is 10.6. The number of nitrogen functional groups attached to an aromatic ring is 1. The van der Waals surface area contributed by atoms with Crippen LogP contribution in [-0.2, 0) is 0 Å². The maximum absolute atomic E-state index is 5.66. The van der Waals surface area contributed by atoms with Crippen molar-refractivity contribution in [2.75, 3.05) is 5.73 Å². The Morgan fingerprint density at radius 1 is 1.15 bits per heavy atom. The van der Waals surface area contributed by atoms with Gasteiger partial charge in [-0.15, -0.1) is 0 Å². The lowest BCUT2D eigenvalue weighted by atomic mass is 10.3. The Labute approximate surface area is 114 Å². The third-order valence-electron chi connectivity index (χ3n) is 2.49. The molecular formula is C12H11N7O. The lowest BCUT2D eigenvalue weighted by Gasteiger charge is -2.07. The highest BCUT2D eigenvalue weighted by Gasteiger charge is 2.10. The molecule has 0 bridgehead atoms. The van der Waals surface area contributed by atoms with E-state index in [-0.39, 0.29) is 12.0 Å². The van der Waals surface area contributed by atoms with Crippen LogP contribution < -0.4 is 10.5 Å². The predicted molar refractivity (Wildman–Crippen MR) is 70.4 cm³/mol. The van der Waals surface area contributed by atoms with Crippen LogP contribution in [-0.4, -0.2) is 29.7 Å². The Balaban J connectivity index is 1.97. The van der Waals surface area contributed by atoms with Crippen LogP contribution in [0.25, 0.3) is 5.95 Å². The summed E-state index contributed by atoms with van der Waals surface area (Å²) < 4.78 is 7.06. The largest absolute Gasteiger partial charge is 0.422 e. The SMILES string of the molecule is Cc1ncccc1Oc1nc(N)nc(-n2cccn2)n1. The molecule has 0 atom stereocenters. The summed E-state index contributed by atoms with van der Waals surface area (Å²) in [4.78, 5) is 16.2. The minimum atomic E-state index is 0.0574. The molecule has 3 heterocycles. The van der Waals surface area contributed by atoms with E-state index in [9.17, 15) is 0 Å². The van der Waals surface area contributed by atoms with Crippen molar-refractivity contribution >= 4 is 5.95 Å². The van der Waals surface area contributed by atoms with Crippen molar-refractivity contribution in [2.24, 2.45) is 0 Å². The number of anilines is 1. The summed E-state index contributed by atoms with van der Waals surface area (Å²) in [5.74, 6) is 0.908. The summed E-state index contributed by atoms with van der Waals surface area (Å²) in [6, 6.07) is 5.39. The highest BCUT2D eigenvalue weighted by molar-refractivity contribution is 5.31. The van der Waals surface area contributed by atoms with Gasteiger partial charge in [0.25, 0.3) is 5.95 Å². The third kappa shape index (κ3) is 2.39. The van der Waals surface area contributed by atoms with Crippen LogP contribution in [0.2, 0.25) is 0 Å². The van der Waals surface area contributed by atoms with E-state index in [0.717, 1.165) is 5.69 Å². The number of aromatic nitrogens is 6. The van der Waals surface area contributed by atoms with E-state index in [1.165, 1.54) is 4.68 Å². The summed E-state index contributed by atoms with van der Waals surface area (Å²) in [5, 5.41) is 4.03. The lowest BCUT2D eigenvalue weighted by Crippen LogP contribution is -2.08. The van der Waals surface area contributed by atoms with Crippen molar-refractivity contribution in [2.45, 2.75) is 6.92 Å². The summed E-state index contributed by atoms with van der Waals surface area (Å²) in [6.45, 7) is 1.83. The second-order valence-electron chi connectivity index (χ2n) is 3.92. The standard InChI is InChI=1S/C12H11N7O/c1-8-9(4-2-5-14-8)20-12-17-10(13)16-11(18-12)19-7-3-6-15-19/h2-7H,1H3,(H2,13,16,17,18). The Morgan fingerprint density at radius 3 is 2.80 bits per heavy atom. The van der Waals surface area contributed by atoms with Gasteiger partial charge in [-0.25, -0.2) is 4.68 Å². The number of nitrogens with two attached hydrogens (primary N) is 1. The molecule has 0 amide bonds. The normalized spacial score (nSPS) is 10.4. The van der Waals surface area contributed by atoms with Gasteiger partial charge in [0, 0.05) is 18.6 Å². The zero-order chi connectivity index (χ0) is 13.9. The van der Waals surface area contributed by atoms with Crippen molar-refractivity contribution in [1.82, 2.24) is 29.7 Å². The lowest BCUT2D eigenvalue weighted by molar-refractivity contribution is 0.433. The molecule has 0 aliphatic heterocycles. The van der Waals surface area contributed by atoms with Crippen LogP contribution >= 0.6 is 0 Å². The number of hydrogen-bond acceptors (Lipinski definition) is 7. The first kappa shape index (κ1) is 12.0. The van der Waals surface area contributed by atoms with Crippen molar-refractivity contribution in [3.8, 4) is 17.7 Å². The summed E-state index contributed by atoms with van der Waals surface area (Å²) in [5.41, 5.74) is 6.39. The fourth-order valence-corrected chi connectivity index (χ4v) is 1.57. The van der Waals surface area contributed by atoms with Crippen LogP contribution in [0.1, 0.15) is 5.69 Å². The zero-order valence-corrected chi connectivity index (χ0v) is 10.6. The molecule has 0 radical (unpaired) electrons. The van der Waals surface area contributed by atoms with Crippen LogP contribution in [0.4, 0.5) is 5.95 Å². The van der Waals surface area contributed by atoms with E-state index in [1.807, 2.05) is 6.92 Å². The van der Waals surface area contributed by atoms with E-state index in [1.54, 1.807) is 36.8 Å². The first-order chi connectivity index (χ1) is 9.72. The number of aryl methyl sites for hydroxylation is 1. The number of pyridine rings is 1. The highest BCUT2D eigenvalue weighted by Crippen LogP contribution is 2.20. The minimum absolute atomic E-state index is 0.0574. The van der Waals surface area contributed by atoms with Gasteiger partial charge >= 0.3 is 6.01 Å². The van der Waals surface area contributed by atoms with Gasteiger partial charge in [0.05, 0.1) is 5.69 Å². The topological polar surface area (TPSA) is 105 Å². The van der Waals surface area contributed by atoms with Crippen molar-refractivity contribution in [3.63, 3.8) is 0 Å². The molecule has 0 saturated carbocycles. The average Bonchev–Trinajstić information content (AvgIpc) is 2.95. The van der Waals surface area contributed by atoms with Gasteiger partial charge in [-0.3, -0.25) is 4.98 Å². The van der Waals surface area contributed by atoms with Crippen LogP contribution in [0.5, 0.6) is 11.8 Å². The smallest absolute Gasteiger partial charge is 0.328 e. The van der Waals surface area contributed by atoms with Gasteiger partial charge in [-0.1, -0.05) is 0 Å². The van der Waals surface area contributed by atoms with Gasteiger partial charge < -0.3 is 10.5 Å². The number of nitrogens with zero attached hydrogens (tertiary/aromatic N) is 6. The number of ether oxygens (including phenoxy) is 1. The van der Waals surface area contributed by atoms with Crippen LogP contribution in [0.15, 0.2) is 36.8 Å². The van der Waals surface area contributed by atoms with E-state index in [4.69, 9.17) is 10.5 Å². The molecule has 8 heteroatoms. The van der Waals surface area contributed by atoms with Crippen LogP contribution in [0.3, 0.4) is 0 Å². The summed E-state index contributed by atoms with van der Waals surface area (Å²) in [6.07, 6.45) is 5.00. The minimum Gasteiger partial charge on any atom is -0.422 e. The van der Waals surface area contributed by atoms with E-state index in [2.05, 4.69) is 25.0 Å². The Kier molecular flexibility index (Phi) is 2.96. The second kappa shape index (κ2) is 4.92. The Morgan fingerprint density at radius 2 is 2.05 bits per heavy atom. The third-order valence-corrected chi connectivity index (χ3v) is 2.49. The maximum Gasteiger partial charge on any atom is 0.328 e. The molecule has 8 nitrogen and oxygen atoms in total. The predicted octanol–water partition coefficient (Wildman–Crippen LogP) is 1.14. The molecule has 3 aromatic rings. The highest BCUT2D eigenvalue weighted by atomic mass is 16.5. The molecule has 3 rings (SSSR count). The first-order valence-corrected chi connectivity index (χ1v) is 5.83. The summed E-state index contributed by atoms with van der Waals surface area (Å²) >= 11 is 0. The molecule has 0 spiro atoms. The maximum atomic E-state index is 5.66. The van der Waals surface area contributed by atoms with Crippen molar-refractivity contribution < 1.29 is 4.74 Å². The number of hydrogen-bond donors (Lipinski definition) is 1. The molecule has 0 unspecified atom stereocenters. The summed E-state index contributed by atoms with van der Waals surface area (Å²) in [7, 11) is 0. The van der Waals surface area contributed by atoms with Gasteiger partial charge in [0.1, 0.15) is 0 Å². The van der Waals surface area contributed by atoms with Gasteiger partial charge in [0.15, 0.2) is 5.75 Å². The van der Waals surface area contributed by atoms with E-state index >= 15 is 0 Å². The van der Waals surface area contributed by atoms with Gasteiger partial charge in [-0.2, -0.15) is 20.1 Å². The second-order valence-corrected chi connectivity index (χ2v) is 3.92. The molecule has 0 aromatic carbocycles. The Bertz CT molecular complexity index is 726. The Hall–Kier alpha value is -3.03. The fraction of sp³-hybridized carbons (Fsp3) is 0.0833. The van der Waals surface area contributed by atoms with Gasteiger partial charge in [0.2, 0.25) is 5.95 Å². The molecule has 0 saturated heterocycles. The van der Waals surface area contributed by atoms with Gasteiger partial charge in [-0.05, 0) is 25.1 Å². The van der Waals surface area contributed by atoms with Crippen molar-refractivity contribution in [3.05, 3.63) is 42.5 Å². The molecule has 0 aliphatic rings. The monoisotopic (exact) mass is 269 g/mol. The molecule has 100 valence electrons. The molecule has 2 N–H and O–H groups in total. The number of rotatable bonds is 3. The fourth-order valence-electron chi connectivity index (χ4n) is 1.57. The first-order valence-electron chi connectivity index (χ1n) is 5.83. The molecule has 0 fully saturated rings. The molecule has 0 aliphatic carbocycles. The van der Waals surface area contributed by atoms with E-state index in [0.29, 0.717) is 11.7 Å². The molecule has 20 heavy (non-hydrogen) atoms. The van der Waals surface area contributed by atoms with E-state index < -0.39 is 0 Å². The quantitative estimate of drug-likeness (QED) is 0.759. The van der Waals surface area contributed by atoms with Crippen molar-refractivity contribution in [1.29, 1.82) is 0 Å².